The largest absolute Gasteiger partial charge is 0.324 e. The molecule has 2 aromatic rings. The topological polar surface area (TPSA) is 25.2 Å². The van der Waals surface area contributed by atoms with Crippen LogP contribution in [0.5, 0.6) is 0 Å². The first-order valence-electron chi connectivity index (χ1n) is 5.96. The smallest absolute Gasteiger partial charge is 0.228 e. The van der Waals surface area contributed by atoms with Crippen LogP contribution < -0.4 is 4.90 Å². The van der Waals surface area contributed by atoms with E-state index in [1.807, 2.05) is 58.3 Å². The van der Waals surface area contributed by atoms with Gasteiger partial charge in [-0.2, -0.15) is 12.6 Å². The van der Waals surface area contributed by atoms with Crippen LogP contribution >= 0.6 is 12.6 Å². The van der Waals surface area contributed by atoms with E-state index in [-0.39, 0.29) is 11.2 Å². The van der Waals surface area contributed by atoms with E-state index >= 15 is 0 Å². The average Bonchev–Trinajstić information content (AvgIpc) is 2.99. The van der Waals surface area contributed by atoms with E-state index in [9.17, 15) is 4.79 Å². The number of benzene rings is 1. The van der Waals surface area contributed by atoms with Crippen LogP contribution in [0, 0.1) is 0 Å². The second kappa shape index (κ2) is 4.53. The van der Waals surface area contributed by atoms with E-state index in [0.717, 1.165) is 11.4 Å². The quantitative estimate of drug-likeness (QED) is 0.823. The van der Waals surface area contributed by atoms with Crippen molar-refractivity contribution in [3.05, 3.63) is 48.8 Å². The van der Waals surface area contributed by atoms with Crippen LogP contribution in [-0.4, -0.2) is 22.3 Å². The van der Waals surface area contributed by atoms with Crippen LogP contribution in [0.3, 0.4) is 0 Å². The molecule has 1 atom stereocenters. The molecule has 1 saturated heterocycles. The number of hydrogen-bond acceptors (Lipinski definition) is 2. The molecule has 0 bridgehead atoms. The Hall–Kier alpha value is -1.68. The highest BCUT2D eigenvalue weighted by Crippen LogP contribution is 2.25. The van der Waals surface area contributed by atoms with Gasteiger partial charge in [0.05, 0.1) is 0 Å². The Morgan fingerprint density at radius 1 is 1.11 bits per heavy atom. The molecular formula is C14H14N2OS. The van der Waals surface area contributed by atoms with Gasteiger partial charge in [-0.1, -0.05) is 6.07 Å². The fourth-order valence-electron chi connectivity index (χ4n) is 2.27. The van der Waals surface area contributed by atoms with Crippen LogP contribution in [0.1, 0.15) is 6.42 Å². The van der Waals surface area contributed by atoms with E-state index in [2.05, 4.69) is 12.6 Å². The van der Waals surface area contributed by atoms with E-state index < -0.39 is 0 Å². The summed E-state index contributed by atoms with van der Waals surface area (Å²) in [5.41, 5.74) is 2.01. The van der Waals surface area contributed by atoms with Gasteiger partial charge in [-0.3, -0.25) is 4.79 Å². The number of amides is 1. The van der Waals surface area contributed by atoms with Gasteiger partial charge in [-0.15, -0.1) is 0 Å². The lowest BCUT2D eigenvalue weighted by atomic mass is 10.2. The van der Waals surface area contributed by atoms with Gasteiger partial charge in [0.25, 0.3) is 0 Å². The van der Waals surface area contributed by atoms with Crippen LogP contribution in [0.25, 0.3) is 5.69 Å². The number of carbonyl (C=O) groups excluding carboxylic acids is 1. The van der Waals surface area contributed by atoms with Crippen molar-refractivity contribution in [2.45, 2.75) is 11.7 Å². The second-order valence-electron chi connectivity index (χ2n) is 4.47. The summed E-state index contributed by atoms with van der Waals surface area (Å²) in [6.45, 7) is 0.692. The number of thiol groups is 1. The minimum absolute atomic E-state index is 0.146. The lowest BCUT2D eigenvalue weighted by Crippen LogP contribution is -2.24. The molecule has 2 heterocycles. The first kappa shape index (κ1) is 11.4. The van der Waals surface area contributed by atoms with E-state index in [0.29, 0.717) is 13.0 Å². The lowest BCUT2D eigenvalue weighted by Gasteiger charge is -2.17. The van der Waals surface area contributed by atoms with Crippen molar-refractivity contribution in [3.63, 3.8) is 0 Å². The molecule has 1 aliphatic heterocycles. The predicted octanol–water partition coefficient (Wildman–Crippen LogP) is 2.51. The number of rotatable bonds is 2. The van der Waals surface area contributed by atoms with Crippen molar-refractivity contribution in [1.82, 2.24) is 4.57 Å². The van der Waals surface area contributed by atoms with Gasteiger partial charge in [-0.05, 0) is 30.3 Å². The highest BCUT2D eigenvalue weighted by molar-refractivity contribution is 7.81. The Labute approximate surface area is 111 Å². The zero-order chi connectivity index (χ0) is 12.5. The van der Waals surface area contributed by atoms with Gasteiger partial charge in [0, 0.05) is 42.0 Å². The normalized spacial score (nSPS) is 19.5. The average molecular weight is 258 g/mol. The van der Waals surface area contributed by atoms with Crippen molar-refractivity contribution < 1.29 is 4.79 Å². The third-order valence-corrected chi connectivity index (χ3v) is 3.49. The molecule has 4 heteroatoms. The Morgan fingerprint density at radius 2 is 1.83 bits per heavy atom. The Kier molecular flexibility index (Phi) is 2.88. The molecule has 0 saturated carbocycles. The van der Waals surface area contributed by atoms with Crippen LogP contribution in [0.2, 0.25) is 0 Å². The third-order valence-electron chi connectivity index (χ3n) is 3.15. The van der Waals surface area contributed by atoms with Gasteiger partial charge in [0.15, 0.2) is 0 Å². The first-order chi connectivity index (χ1) is 8.74. The SMILES string of the molecule is O=C1CC(S)CN1c1cccc(-n2cccc2)c1. The van der Waals surface area contributed by atoms with Crippen LogP contribution in [0.15, 0.2) is 48.8 Å². The number of carbonyl (C=O) groups is 1. The molecule has 0 aliphatic carbocycles. The van der Waals surface area contributed by atoms with Crippen molar-refractivity contribution in [3.8, 4) is 5.69 Å². The molecule has 92 valence electrons. The molecule has 1 amide bonds. The molecule has 0 N–H and O–H groups in total. The van der Waals surface area contributed by atoms with E-state index in [1.165, 1.54) is 0 Å². The minimum atomic E-state index is 0.146. The van der Waals surface area contributed by atoms with Crippen LogP contribution in [0.4, 0.5) is 5.69 Å². The zero-order valence-corrected chi connectivity index (χ0v) is 10.8. The number of anilines is 1. The molecule has 3 nitrogen and oxygen atoms in total. The van der Waals surface area contributed by atoms with Gasteiger partial charge in [-0.25, -0.2) is 0 Å². The first-order valence-corrected chi connectivity index (χ1v) is 6.47. The molecule has 1 unspecified atom stereocenters. The summed E-state index contributed by atoms with van der Waals surface area (Å²) in [6, 6.07) is 12.0. The molecule has 1 aromatic heterocycles. The highest BCUT2D eigenvalue weighted by Gasteiger charge is 2.28. The maximum atomic E-state index is 11.9. The summed E-state index contributed by atoms with van der Waals surface area (Å²) in [5, 5.41) is 0.146. The molecule has 1 aromatic carbocycles. The molecule has 0 spiro atoms. The maximum Gasteiger partial charge on any atom is 0.228 e. The van der Waals surface area contributed by atoms with Gasteiger partial charge < -0.3 is 9.47 Å². The van der Waals surface area contributed by atoms with Crippen molar-refractivity contribution in [1.29, 1.82) is 0 Å². The van der Waals surface area contributed by atoms with Crippen LogP contribution in [-0.2, 0) is 4.79 Å². The minimum Gasteiger partial charge on any atom is -0.324 e. The standard InChI is InChI=1S/C14H14N2OS/c17-14-9-13(18)10-16(14)12-5-3-4-11(8-12)15-6-1-2-7-15/h1-8,13,18H,9-10H2. The Morgan fingerprint density at radius 3 is 2.50 bits per heavy atom. The van der Waals surface area contributed by atoms with E-state index in [1.54, 1.807) is 0 Å². The number of aromatic nitrogens is 1. The van der Waals surface area contributed by atoms with Gasteiger partial charge in [0.1, 0.15) is 0 Å². The molecule has 3 rings (SSSR count). The van der Waals surface area contributed by atoms with Gasteiger partial charge in [0.2, 0.25) is 5.91 Å². The summed E-state index contributed by atoms with van der Waals surface area (Å²) < 4.78 is 2.03. The summed E-state index contributed by atoms with van der Waals surface area (Å²) in [7, 11) is 0. The molecule has 0 radical (unpaired) electrons. The van der Waals surface area contributed by atoms with E-state index in [4.69, 9.17) is 0 Å². The number of hydrogen-bond donors (Lipinski definition) is 1. The molecule has 18 heavy (non-hydrogen) atoms. The predicted molar refractivity (Wildman–Crippen MR) is 75.5 cm³/mol. The molecular weight excluding hydrogens is 244 g/mol. The maximum absolute atomic E-state index is 11.9. The summed E-state index contributed by atoms with van der Waals surface area (Å²) in [6.07, 6.45) is 4.51. The summed E-state index contributed by atoms with van der Waals surface area (Å²) in [4.78, 5) is 13.7. The molecule has 1 aliphatic rings. The fraction of sp³-hybridized carbons (Fsp3) is 0.214. The van der Waals surface area contributed by atoms with Crippen molar-refractivity contribution >= 4 is 24.2 Å². The molecule has 1 fully saturated rings. The number of nitrogens with zero attached hydrogens (tertiary/aromatic N) is 2. The van der Waals surface area contributed by atoms with Crippen molar-refractivity contribution in [2.75, 3.05) is 11.4 Å². The third kappa shape index (κ3) is 2.04. The second-order valence-corrected chi connectivity index (χ2v) is 5.20. The highest BCUT2D eigenvalue weighted by atomic mass is 32.1. The van der Waals surface area contributed by atoms with Crippen molar-refractivity contribution in [2.24, 2.45) is 0 Å². The Bertz CT molecular complexity index is 565. The monoisotopic (exact) mass is 258 g/mol. The van der Waals surface area contributed by atoms with Gasteiger partial charge >= 0.3 is 0 Å². The fourth-order valence-corrected chi connectivity index (χ4v) is 2.59. The summed E-state index contributed by atoms with van der Waals surface area (Å²) in [5.74, 6) is 0.152. The summed E-state index contributed by atoms with van der Waals surface area (Å²) >= 11 is 4.38. The lowest BCUT2D eigenvalue weighted by molar-refractivity contribution is -0.117. The zero-order valence-electron chi connectivity index (χ0n) is 9.86. The Balaban J connectivity index is 1.94.